The van der Waals surface area contributed by atoms with E-state index in [1.165, 1.54) is 5.56 Å². The van der Waals surface area contributed by atoms with Gasteiger partial charge in [0, 0.05) is 13.6 Å². The molecule has 1 rings (SSSR count). The van der Waals surface area contributed by atoms with Crippen molar-refractivity contribution in [1.29, 1.82) is 0 Å². The quantitative estimate of drug-likeness (QED) is 0.662. The second-order valence-corrected chi connectivity index (χ2v) is 3.46. The maximum atomic E-state index is 5.33. The van der Waals surface area contributed by atoms with Gasteiger partial charge in [-0.25, -0.2) is 0 Å². The molecule has 0 fully saturated rings. The minimum Gasteiger partial charge on any atom is -0.300 e. The summed E-state index contributed by atoms with van der Waals surface area (Å²) in [5.74, 6) is 0. The molecule has 0 unspecified atom stereocenters. The third-order valence-corrected chi connectivity index (χ3v) is 2.28. The van der Waals surface area contributed by atoms with Crippen LogP contribution in [0, 0.1) is 0 Å². The summed E-state index contributed by atoms with van der Waals surface area (Å²) in [5, 5.41) is 1.88. The summed E-state index contributed by atoms with van der Waals surface area (Å²) in [4.78, 5) is 5.33. The molecule has 0 aromatic heterocycles. The molecule has 82 valence electrons. The zero-order valence-electron chi connectivity index (χ0n) is 9.57. The molecule has 0 atom stereocenters. The molecular formula is C13H19NO. The number of benzene rings is 1. The molecule has 0 radical (unpaired) electrons. The number of rotatable bonds is 6. The van der Waals surface area contributed by atoms with Crippen LogP contribution in [0.2, 0.25) is 0 Å². The Morgan fingerprint density at radius 2 is 2.00 bits per heavy atom. The molecule has 1 aromatic carbocycles. The first-order valence-corrected chi connectivity index (χ1v) is 5.31. The normalized spacial score (nSPS) is 10.6. The Labute approximate surface area is 92.1 Å². The SMILES string of the molecule is C=Cc1ccc(CCN(C)OCC)cc1. The summed E-state index contributed by atoms with van der Waals surface area (Å²) in [6.45, 7) is 7.37. The van der Waals surface area contributed by atoms with E-state index in [2.05, 4.69) is 30.8 Å². The second kappa shape index (κ2) is 6.38. The Hall–Kier alpha value is -1.12. The standard InChI is InChI=1S/C13H19NO/c1-4-12-6-8-13(9-7-12)10-11-14(3)15-5-2/h4,6-9H,1,5,10-11H2,2-3H3. The lowest BCUT2D eigenvalue weighted by atomic mass is 10.1. The van der Waals surface area contributed by atoms with Crippen LogP contribution < -0.4 is 0 Å². The number of nitrogens with zero attached hydrogens (tertiary/aromatic N) is 1. The Bertz CT molecular complexity index is 292. The minimum absolute atomic E-state index is 0.728. The fourth-order valence-corrected chi connectivity index (χ4v) is 1.39. The van der Waals surface area contributed by atoms with E-state index < -0.39 is 0 Å². The van der Waals surface area contributed by atoms with E-state index in [1.54, 1.807) is 0 Å². The molecule has 2 nitrogen and oxygen atoms in total. The second-order valence-electron chi connectivity index (χ2n) is 3.46. The maximum Gasteiger partial charge on any atom is 0.0656 e. The lowest BCUT2D eigenvalue weighted by Gasteiger charge is -2.15. The summed E-state index contributed by atoms with van der Waals surface area (Å²) in [6.07, 6.45) is 2.87. The van der Waals surface area contributed by atoms with Crippen LogP contribution in [-0.4, -0.2) is 25.3 Å². The Morgan fingerprint density at radius 1 is 1.33 bits per heavy atom. The van der Waals surface area contributed by atoms with Crippen LogP contribution in [0.5, 0.6) is 0 Å². The van der Waals surface area contributed by atoms with Gasteiger partial charge < -0.3 is 0 Å². The van der Waals surface area contributed by atoms with Crippen LogP contribution in [0.3, 0.4) is 0 Å². The van der Waals surface area contributed by atoms with Crippen molar-refractivity contribution in [3.05, 3.63) is 42.0 Å². The molecule has 0 aliphatic heterocycles. The molecule has 0 spiro atoms. The van der Waals surface area contributed by atoms with Gasteiger partial charge in [-0.2, -0.15) is 5.06 Å². The first-order valence-electron chi connectivity index (χ1n) is 5.31. The Morgan fingerprint density at radius 3 is 2.53 bits per heavy atom. The molecule has 0 aliphatic rings. The molecule has 0 heterocycles. The Balaban J connectivity index is 2.40. The topological polar surface area (TPSA) is 12.5 Å². The molecule has 0 amide bonds. The first kappa shape index (κ1) is 12.0. The van der Waals surface area contributed by atoms with E-state index in [-0.39, 0.29) is 0 Å². The van der Waals surface area contributed by atoms with Crippen LogP contribution in [-0.2, 0) is 11.3 Å². The van der Waals surface area contributed by atoms with Crippen molar-refractivity contribution in [2.24, 2.45) is 0 Å². The molecule has 1 aromatic rings. The van der Waals surface area contributed by atoms with Crippen LogP contribution in [0.1, 0.15) is 18.1 Å². The number of likely N-dealkylation sites (N-methyl/N-ethyl adjacent to an activating group) is 1. The fraction of sp³-hybridized carbons (Fsp3) is 0.385. The molecule has 0 N–H and O–H groups in total. The predicted octanol–water partition coefficient (Wildman–Crippen LogP) is 2.76. The predicted molar refractivity (Wildman–Crippen MR) is 64.5 cm³/mol. The van der Waals surface area contributed by atoms with E-state index >= 15 is 0 Å². The monoisotopic (exact) mass is 205 g/mol. The smallest absolute Gasteiger partial charge is 0.0656 e. The van der Waals surface area contributed by atoms with Gasteiger partial charge in [0.15, 0.2) is 0 Å². The van der Waals surface area contributed by atoms with Crippen molar-refractivity contribution in [3.8, 4) is 0 Å². The molecular weight excluding hydrogens is 186 g/mol. The summed E-state index contributed by atoms with van der Waals surface area (Å²) < 4.78 is 0. The maximum absolute atomic E-state index is 5.33. The van der Waals surface area contributed by atoms with E-state index in [9.17, 15) is 0 Å². The van der Waals surface area contributed by atoms with E-state index in [1.807, 2.05) is 25.1 Å². The summed E-state index contributed by atoms with van der Waals surface area (Å²) >= 11 is 0. The zero-order valence-corrected chi connectivity index (χ0v) is 9.57. The highest BCUT2D eigenvalue weighted by Gasteiger charge is 1.98. The largest absolute Gasteiger partial charge is 0.300 e. The highest BCUT2D eigenvalue weighted by molar-refractivity contribution is 5.47. The molecule has 15 heavy (non-hydrogen) atoms. The molecule has 0 saturated heterocycles. The van der Waals surface area contributed by atoms with Crippen LogP contribution in [0.25, 0.3) is 6.08 Å². The minimum atomic E-state index is 0.728. The third kappa shape index (κ3) is 4.28. The van der Waals surface area contributed by atoms with Gasteiger partial charge in [-0.05, 0) is 24.5 Å². The van der Waals surface area contributed by atoms with Gasteiger partial charge >= 0.3 is 0 Å². The summed E-state index contributed by atoms with van der Waals surface area (Å²) in [5.41, 5.74) is 2.49. The number of hydrogen-bond donors (Lipinski definition) is 0. The Kier molecular flexibility index (Phi) is 5.08. The van der Waals surface area contributed by atoms with Crippen molar-refractivity contribution in [2.75, 3.05) is 20.2 Å². The summed E-state index contributed by atoms with van der Waals surface area (Å²) in [7, 11) is 1.96. The van der Waals surface area contributed by atoms with Gasteiger partial charge in [-0.1, -0.05) is 36.9 Å². The lowest BCUT2D eigenvalue weighted by molar-refractivity contribution is -0.133. The van der Waals surface area contributed by atoms with Gasteiger partial charge in [0.1, 0.15) is 0 Å². The average Bonchev–Trinajstić information content (AvgIpc) is 2.27. The van der Waals surface area contributed by atoms with E-state index in [4.69, 9.17) is 4.84 Å². The molecule has 0 aliphatic carbocycles. The first-order chi connectivity index (χ1) is 7.26. The van der Waals surface area contributed by atoms with Crippen molar-refractivity contribution in [1.82, 2.24) is 5.06 Å². The highest BCUT2D eigenvalue weighted by atomic mass is 16.7. The third-order valence-electron chi connectivity index (χ3n) is 2.28. The van der Waals surface area contributed by atoms with Gasteiger partial charge in [-0.15, -0.1) is 0 Å². The van der Waals surface area contributed by atoms with E-state index in [0.717, 1.165) is 25.1 Å². The molecule has 0 bridgehead atoms. The van der Waals surface area contributed by atoms with E-state index in [0.29, 0.717) is 0 Å². The van der Waals surface area contributed by atoms with Gasteiger partial charge in [0.05, 0.1) is 6.61 Å². The number of hydroxylamine groups is 2. The summed E-state index contributed by atoms with van der Waals surface area (Å²) in [6, 6.07) is 8.44. The van der Waals surface area contributed by atoms with Crippen molar-refractivity contribution >= 4 is 6.08 Å². The van der Waals surface area contributed by atoms with Gasteiger partial charge in [-0.3, -0.25) is 4.84 Å². The zero-order chi connectivity index (χ0) is 11.1. The van der Waals surface area contributed by atoms with Gasteiger partial charge in [0.25, 0.3) is 0 Å². The van der Waals surface area contributed by atoms with Gasteiger partial charge in [0.2, 0.25) is 0 Å². The highest BCUT2D eigenvalue weighted by Crippen LogP contribution is 2.06. The molecule has 0 saturated carbocycles. The average molecular weight is 205 g/mol. The van der Waals surface area contributed by atoms with Crippen LogP contribution >= 0.6 is 0 Å². The van der Waals surface area contributed by atoms with Crippen LogP contribution in [0.4, 0.5) is 0 Å². The molecule has 2 heteroatoms. The van der Waals surface area contributed by atoms with Crippen molar-refractivity contribution < 1.29 is 4.84 Å². The van der Waals surface area contributed by atoms with Crippen molar-refractivity contribution in [2.45, 2.75) is 13.3 Å². The number of hydrogen-bond acceptors (Lipinski definition) is 2. The lowest BCUT2D eigenvalue weighted by Crippen LogP contribution is -2.21. The van der Waals surface area contributed by atoms with Crippen molar-refractivity contribution in [3.63, 3.8) is 0 Å². The van der Waals surface area contributed by atoms with Crippen LogP contribution in [0.15, 0.2) is 30.8 Å². The fourth-order valence-electron chi connectivity index (χ4n) is 1.39.